The summed E-state index contributed by atoms with van der Waals surface area (Å²) < 4.78 is 4.56. The zero-order valence-electron chi connectivity index (χ0n) is 14.0. The van der Waals surface area contributed by atoms with Crippen molar-refractivity contribution in [2.24, 2.45) is 4.99 Å². The van der Waals surface area contributed by atoms with Crippen LogP contribution in [0.4, 0.5) is 11.4 Å². The number of methoxy groups -OCH3 is 1. The fraction of sp³-hybridized carbons (Fsp3) is 0.100. The van der Waals surface area contributed by atoms with Gasteiger partial charge in [-0.2, -0.15) is 5.26 Å². The average Bonchev–Trinajstić information content (AvgIpc) is 2.83. The first kappa shape index (κ1) is 17.1. The standard InChI is InChI=1S/C20H15N3O3/c1-26-20(25)8-6-13-5-7-16-18(10-13)23-19(24)11-17(22-16)15-4-2-3-14(9-15)12-21/h2-10H,11H2,1H3,(H,23,24)/b8-6+. The number of amides is 1. The minimum Gasteiger partial charge on any atom is -0.466 e. The van der Waals surface area contributed by atoms with Crippen molar-refractivity contribution in [1.29, 1.82) is 5.26 Å². The normalized spacial score (nSPS) is 13.2. The summed E-state index contributed by atoms with van der Waals surface area (Å²) in [5.41, 5.74) is 3.76. The van der Waals surface area contributed by atoms with Crippen LogP contribution in [0.2, 0.25) is 0 Å². The van der Waals surface area contributed by atoms with Crippen molar-refractivity contribution in [1.82, 2.24) is 0 Å². The highest BCUT2D eigenvalue weighted by atomic mass is 16.5. The smallest absolute Gasteiger partial charge is 0.330 e. The van der Waals surface area contributed by atoms with Gasteiger partial charge in [0.15, 0.2) is 0 Å². The van der Waals surface area contributed by atoms with E-state index in [1.54, 1.807) is 42.5 Å². The van der Waals surface area contributed by atoms with Crippen LogP contribution in [0.15, 0.2) is 53.5 Å². The van der Waals surface area contributed by atoms with Gasteiger partial charge < -0.3 is 10.1 Å². The molecule has 128 valence electrons. The summed E-state index contributed by atoms with van der Waals surface area (Å²) >= 11 is 0. The van der Waals surface area contributed by atoms with E-state index in [9.17, 15) is 9.59 Å². The van der Waals surface area contributed by atoms with Crippen LogP contribution in [0.3, 0.4) is 0 Å². The Kier molecular flexibility index (Phi) is 4.90. The van der Waals surface area contributed by atoms with E-state index < -0.39 is 5.97 Å². The molecule has 0 radical (unpaired) electrons. The molecule has 0 unspecified atom stereocenters. The lowest BCUT2D eigenvalue weighted by Gasteiger charge is -2.05. The number of hydrogen-bond acceptors (Lipinski definition) is 5. The summed E-state index contributed by atoms with van der Waals surface area (Å²) in [4.78, 5) is 28.1. The van der Waals surface area contributed by atoms with Crippen molar-refractivity contribution < 1.29 is 14.3 Å². The summed E-state index contributed by atoms with van der Waals surface area (Å²) in [7, 11) is 1.31. The minimum absolute atomic E-state index is 0.108. The third kappa shape index (κ3) is 3.84. The number of carbonyl (C=O) groups is 2. The first-order valence-electron chi connectivity index (χ1n) is 7.87. The van der Waals surface area contributed by atoms with Gasteiger partial charge in [-0.3, -0.25) is 9.79 Å². The van der Waals surface area contributed by atoms with Crippen LogP contribution in [-0.2, 0) is 14.3 Å². The van der Waals surface area contributed by atoms with Gasteiger partial charge in [-0.1, -0.05) is 18.2 Å². The first-order valence-corrected chi connectivity index (χ1v) is 7.87. The van der Waals surface area contributed by atoms with Crippen LogP contribution in [0.1, 0.15) is 23.1 Å². The van der Waals surface area contributed by atoms with Gasteiger partial charge in [-0.15, -0.1) is 0 Å². The highest BCUT2D eigenvalue weighted by molar-refractivity contribution is 6.17. The summed E-state index contributed by atoms with van der Waals surface area (Å²) in [5.74, 6) is -0.652. The number of aliphatic imine (C=N–C) groups is 1. The molecule has 1 aliphatic rings. The molecule has 2 aromatic rings. The molecule has 0 saturated heterocycles. The monoisotopic (exact) mass is 345 g/mol. The molecule has 26 heavy (non-hydrogen) atoms. The van der Waals surface area contributed by atoms with E-state index in [0.29, 0.717) is 22.6 Å². The Morgan fingerprint density at radius 3 is 2.92 bits per heavy atom. The number of nitrogens with zero attached hydrogens (tertiary/aromatic N) is 2. The second kappa shape index (κ2) is 7.45. The van der Waals surface area contributed by atoms with Crippen molar-refractivity contribution in [3.8, 4) is 6.07 Å². The molecule has 3 rings (SSSR count). The molecule has 6 nitrogen and oxygen atoms in total. The molecule has 1 N–H and O–H groups in total. The zero-order chi connectivity index (χ0) is 18.5. The van der Waals surface area contributed by atoms with Crippen molar-refractivity contribution in [3.63, 3.8) is 0 Å². The molecule has 2 aromatic carbocycles. The van der Waals surface area contributed by atoms with Crippen LogP contribution in [-0.4, -0.2) is 24.7 Å². The summed E-state index contributed by atoms with van der Waals surface area (Å²) in [6.45, 7) is 0. The van der Waals surface area contributed by atoms with Crippen LogP contribution < -0.4 is 5.32 Å². The van der Waals surface area contributed by atoms with Crippen molar-refractivity contribution >= 4 is 35.0 Å². The Morgan fingerprint density at radius 1 is 1.31 bits per heavy atom. The highest BCUT2D eigenvalue weighted by Crippen LogP contribution is 2.30. The van der Waals surface area contributed by atoms with E-state index in [1.165, 1.54) is 13.2 Å². The number of carbonyl (C=O) groups excluding carboxylic acids is 2. The van der Waals surface area contributed by atoms with Crippen LogP contribution in [0, 0.1) is 11.3 Å². The molecule has 0 fully saturated rings. The molecular formula is C20H15N3O3. The first-order chi connectivity index (χ1) is 12.6. The van der Waals surface area contributed by atoms with E-state index in [4.69, 9.17) is 5.26 Å². The Hall–Kier alpha value is -3.72. The van der Waals surface area contributed by atoms with E-state index >= 15 is 0 Å². The number of anilines is 1. The molecule has 0 aliphatic carbocycles. The molecule has 0 saturated carbocycles. The SMILES string of the molecule is COC(=O)/C=C/c1ccc2c(c1)NC(=O)CC(c1cccc(C#N)c1)=N2. The van der Waals surface area contributed by atoms with Crippen LogP contribution in [0.5, 0.6) is 0 Å². The minimum atomic E-state index is -0.457. The van der Waals surface area contributed by atoms with Crippen molar-refractivity contribution in [3.05, 3.63) is 65.2 Å². The maximum atomic E-state index is 12.3. The molecule has 0 bridgehead atoms. The maximum absolute atomic E-state index is 12.3. The number of fused-ring (bicyclic) bond motifs is 1. The molecule has 0 aromatic heterocycles. The van der Waals surface area contributed by atoms with Gasteiger partial charge in [-0.25, -0.2) is 4.79 Å². The fourth-order valence-electron chi connectivity index (χ4n) is 2.55. The number of hydrogen-bond donors (Lipinski definition) is 1. The summed E-state index contributed by atoms with van der Waals surface area (Å²) in [6.07, 6.45) is 3.02. The number of rotatable bonds is 3. The maximum Gasteiger partial charge on any atom is 0.330 e. The Bertz CT molecular complexity index is 984. The topological polar surface area (TPSA) is 91.5 Å². The highest BCUT2D eigenvalue weighted by Gasteiger charge is 2.17. The van der Waals surface area contributed by atoms with E-state index in [-0.39, 0.29) is 12.3 Å². The van der Waals surface area contributed by atoms with E-state index in [2.05, 4.69) is 21.1 Å². The molecule has 1 amide bonds. The van der Waals surface area contributed by atoms with Gasteiger partial charge in [0.05, 0.1) is 42.2 Å². The molecule has 0 atom stereocenters. The third-order valence-electron chi connectivity index (χ3n) is 3.82. The number of nitriles is 1. The predicted molar refractivity (Wildman–Crippen MR) is 98.1 cm³/mol. The molecule has 1 heterocycles. The fourth-order valence-corrected chi connectivity index (χ4v) is 2.55. The number of benzene rings is 2. The van der Waals surface area contributed by atoms with Gasteiger partial charge in [0.2, 0.25) is 5.91 Å². The Labute approximate surface area is 150 Å². The molecule has 0 spiro atoms. The lowest BCUT2D eigenvalue weighted by atomic mass is 10.0. The number of esters is 1. The van der Waals surface area contributed by atoms with Gasteiger partial charge in [0, 0.05) is 6.08 Å². The molecule has 1 aliphatic heterocycles. The van der Waals surface area contributed by atoms with Crippen LogP contribution in [0.25, 0.3) is 6.08 Å². The zero-order valence-corrected chi connectivity index (χ0v) is 14.0. The van der Waals surface area contributed by atoms with Gasteiger partial charge in [0.25, 0.3) is 0 Å². The third-order valence-corrected chi connectivity index (χ3v) is 3.82. The largest absolute Gasteiger partial charge is 0.466 e. The number of ether oxygens (including phenoxy) is 1. The molecular weight excluding hydrogens is 330 g/mol. The number of nitrogens with one attached hydrogen (secondary N) is 1. The van der Waals surface area contributed by atoms with Crippen molar-refractivity contribution in [2.75, 3.05) is 12.4 Å². The lowest BCUT2D eigenvalue weighted by Crippen LogP contribution is -2.15. The van der Waals surface area contributed by atoms with Crippen molar-refractivity contribution in [2.45, 2.75) is 6.42 Å². The quantitative estimate of drug-likeness (QED) is 0.683. The lowest BCUT2D eigenvalue weighted by molar-refractivity contribution is -0.134. The second-order valence-electron chi connectivity index (χ2n) is 5.61. The van der Waals surface area contributed by atoms with Gasteiger partial charge >= 0.3 is 5.97 Å². The summed E-state index contributed by atoms with van der Waals surface area (Å²) in [5, 5.41) is 11.9. The molecule has 6 heteroatoms. The van der Waals surface area contributed by atoms with E-state index in [0.717, 1.165) is 11.1 Å². The average molecular weight is 345 g/mol. The van der Waals surface area contributed by atoms with E-state index in [1.807, 2.05) is 6.07 Å². The van der Waals surface area contributed by atoms with Crippen LogP contribution >= 0.6 is 0 Å². The summed E-state index contributed by atoms with van der Waals surface area (Å²) in [6, 6.07) is 14.4. The Balaban J connectivity index is 1.98. The van der Waals surface area contributed by atoms with Gasteiger partial charge in [-0.05, 0) is 41.5 Å². The second-order valence-corrected chi connectivity index (χ2v) is 5.61. The predicted octanol–water partition coefficient (Wildman–Crippen LogP) is 3.21. The Morgan fingerprint density at radius 2 is 2.15 bits per heavy atom. The van der Waals surface area contributed by atoms with Gasteiger partial charge in [0.1, 0.15) is 0 Å².